The van der Waals surface area contributed by atoms with Crippen molar-refractivity contribution in [3.05, 3.63) is 0 Å². The van der Waals surface area contributed by atoms with E-state index in [1.54, 1.807) is 0 Å². The molecule has 1 aliphatic rings. The minimum Gasteiger partial charge on any atom is -0.481 e. The normalized spacial score (nSPS) is 15.0. The average Bonchev–Trinajstić information content (AvgIpc) is 2.94. The van der Waals surface area contributed by atoms with E-state index < -0.39 is 12.1 Å². The van der Waals surface area contributed by atoms with Crippen molar-refractivity contribution >= 4 is 12.1 Å². The second kappa shape index (κ2) is 29.5. The summed E-state index contributed by atoms with van der Waals surface area (Å²) >= 11 is 0. The van der Waals surface area contributed by atoms with E-state index in [-0.39, 0.29) is 19.1 Å². The zero-order valence-corrected chi connectivity index (χ0v) is 24.3. The smallest absolute Gasteiger partial charge is 0.408 e. The molecule has 41 heavy (non-hydrogen) atoms. The first kappa shape index (κ1) is 37.0. The molecule has 0 saturated heterocycles. The summed E-state index contributed by atoms with van der Waals surface area (Å²) in [5, 5.41) is 11.2. The van der Waals surface area contributed by atoms with Gasteiger partial charge in [-0.2, -0.15) is 0 Å². The molecule has 0 radical (unpaired) electrons. The second-order valence-electron chi connectivity index (χ2n) is 8.78. The van der Waals surface area contributed by atoms with Crippen LogP contribution in [0, 0.1) is 11.8 Å². The molecule has 0 spiro atoms. The maximum atomic E-state index is 11.8. The topological polar surface area (TPSA) is 149 Å². The molecule has 0 fully saturated rings. The van der Waals surface area contributed by atoms with E-state index in [1.165, 1.54) is 0 Å². The number of aliphatic carboxylic acids is 1. The average molecular weight is 592 g/mol. The van der Waals surface area contributed by atoms with E-state index in [1.807, 2.05) is 0 Å². The fraction of sp³-hybridized carbons (Fsp3) is 0.857. The lowest BCUT2D eigenvalue weighted by atomic mass is 10.1. The molecular formula is C28H49NO12. The fourth-order valence-corrected chi connectivity index (χ4v) is 3.26. The van der Waals surface area contributed by atoms with Crippen molar-refractivity contribution in [3.63, 3.8) is 0 Å². The van der Waals surface area contributed by atoms with Crippen LogP contribution in [0.25, 0.3) is 0 Å². The SMILES string of the molecule is O=C(O)CCOCCOCCOCCOCCOCCOCCOCCOCCNC(=O)OC1C#CCCCCC1. The number of carboxylic acids is 1. The van der Waals surface area contributed by atoms with E-state index >= 15 is 0 Å². The van der Waals surface area contributed by atoms with Gasteiger partial charge in [-0.25, -0.2) is 4.79 Å². The van der Waals surface area contributed by atoms with Gasteiger partial charge in [0.05, 0.1) is 112 Å². The van der Waals surface area contributed by atoms with Crippen molar-refractivity contribution in [1.82, 2.24) is 5.32 Å². The number of hydrogen-bond acceptors (Lipinski definition) is 11. The number of carboxylic acid groups (broad SMARTS) is 1. The van der Waals surface area contributed by atoms with Crippen LogP contribution < -0.4 is 5.32 Å². The van der Waals surface area contributed by atoms with E-state index in [2.05, 4.69) is 17.2 Å². The van der Waals surface area contributed by atoms with Crippen LogP contribution in [0.15, 0.2) is 0 Å². The van der Waals surface area contributed by atoms with Crippen LogP contribution in [0.4, 0.5) is 4.79 Å². The highest BCUT2D eigenvalue weighted by atomic mass is 16.6. The van der Waals surface area contributed by atoms with Crippen LogP contribution >= 0.6 is 0 Å². The minimum atomic E-state index is -0.876. The molecule has 1 aliphatic carbocycles. The monoisotopic (exact) mass is 591 g/mol. The zero-order chi connectivity index (χ0) is 29.5. The van der Waals surface area contributed by atoms with Gasteiger partial charge in [0.25, 0.3) is 0 Å². The van der Waals surface area contributed by atoms with Crippen molar-refractivity contribution in [3.8, 4) is 11.8 Å². The summed E-state index contributed by atoms with van der Waals surface area (Å²) in [5.41, 5.74) is 0. The maximum absolute atomic E-state index is 11.8. The van der Waals surface area contributed by atoms with Crippen molar-refractivity contribution in [2.45, 2.75) is 44.6 Å². The molecule has 2 N–H and O–H groups in total. The maximum Gasteiger partial charge on any atom is 0.408 e. The molecule has 0 aromatic carbocycles. The molecule has 0 bridgehead atoms. The van der Waals surface area contributed by atoms with Crippen LogP contribution in [0.3, 0.4) is 0 Å². The molecule has 13 heteroatoms. The third-order valence-electron chi connectivity index (χ3n) is 5.36. The van der Waals surface area contributed by atoms with Crippen molar-refractivity contribution in [1.29, 1.82) is 0 Å². The highest BCUT2D eigenvalue weighted by Crippen LogP contribution is 2.10. The van der Waals surface area contributed by atoms with E-state index in [9.17, 15) is 9.59 Å². The van der Waals surface area contributed by atoms with Crippen LogP contribution in [0.1, 0.15) is 38.5 Å². The summed E-state index contributed by atoms with van der Waals surface area (Å²) in [4.78, 5) is 22.1. The fourth-order valence-electron chi connectivity index (χ4n) is 3.26. The molecule has 0 aliphatic heterocycles. The lowest BCUT2D eigenvalue weighted by Crippen LogP contribution is -2.31. The Morgan fingerprint density at radius 2 is 1.05 bits per heavy atom. The second-order valence-corrected chi connectivity index (χ2v) is 8.78. The third kappa shape index (κ3) is 27.9. The van der Waals surface area contributed by atoms with Crippen LogP contribution in [-0.4, -0.2) is 136 Å². The summed E-state index contributed by atoms with van der Waals surface area (Å²) in [6.45, 7) is 7.25. The van der Waals surface area contributed by atoms with Gasteiger partial charge >= 0.3 is 12.1 Å². The highest BCUT2D eigenvalue weighted by Gasteiger charge is 2.12. The minimum absolute atomic E-state index is 0.00454. The molecule has 0 aromatic rings. The Balaban J connectivity index is 1.69. The Morgan fingerprint density at radius 1 is 0.610 bits per heavy atom. The van der Waals surface area contributed by atoms with Gasteiger partial charge in [0.2, 0.25) is 0 Å². The number of amides is 1. The Bertz CT molecular complexity index is 685. The van der Waals surface area contributed by atoms with E-state index in [0.717, 1.165) is 32.1 Å². The van der Waals surface area contributed by atoms with Gasteiger partial charge in [-0.1, -0.05) is 18.3 Å². The van der Waals surface area contributed by atoms with Crippen molar-refractivity contribution in [2.75, 3.05) is 112 Å². The molecule has 0 aromatic heterocycles. The van der Waals surface area contributed by atoms with Crippen molar-refractivity contribution < 1.29 is 57.3 Å². The van der Waals surface area contributed by atoms with Gasteiger partial charge in [-0.3, -0.25) is 4.79 Å². The lowest BCUT2D eigenvalue weighted by Gasteiger charge is -2.14. The quantitative estimate of drug-likeness (QED) is 0.101. The number of nitrogens with one attached hydrogen (secondary N) is 1. The summed E-state index contributed by atoms with van der Waals surface area (Å²) in [7, 11) is 0. The Kier molecular flexibility index (Phi) is 26.6. The predicted molar refractivity (Wildman–Crippen MR) is 148 cm³/mol. The largest absolute Gasteiger partial charge is 0.481 e. The summed E-state index contributed by atoms with van der Waals surface area (Å²) in [6.07, 6.45) is 4.14. The predicted octanol–water partition coefficient (Wildman–Crippen LogP) is 1.66. The molecule has 238 valence electrons. The van der Waals surface area contributed by atoms with Gasteiger partial charge in [0, 0.05) is 13.0 Å². The molecule has 1 amide bonds. The first-order chi connectivity index (χ1) is 20.2. The first-order valence-electron chi connectivity index (χ1n) is 14.4. The van der Waals surface area contributed by atoms with Gasteiger partial charge < -0.3 is 53.1 Å². The van der Waals surface area contributed by atoms with Gasteiger partial charge in [0.15, 0.2) is 6.10 Å². The number of carbonyl (C=O) groups is 2. The number of rotatable bonds is 28. The first-order valence-corrected chi connectivity index (χ1v) is 14.4. The number of carbonyl (C=O) groups excluding carboxylic acids is 1. The van der Waals surface area contributed by atoms with Gasteiger partial charge in [0.1, 0.15) is 0 Å². The molecule has 1 atom stereocenters. The van der Waals surface area contributed by atoms with E-state index in [4.69, 9.17) is 47.7 Å². The summed E-state index contributed by atoms with van der Waals surface area (Å²) in [6, 6.07) is 0. The molecule has 0 saturated carbocycles. The van der Waals surface area contributed by atoms with Gasteiger partial charge in [-0.05, 0) is 19.3 Å². The van der Waals surface area contributed by atoms with E-state index in [0.29, 0.717) is 106 Å². The van der Waals surface area contributed by atoms with Crippen molar-refractivity contribution in [2.24, 2.45) is 0 Å². The van der Waals surface area contributed by atoms with Crippen LogP contribution in [0.2, 0.25) is 0 Å². The number of hydrogen-bond donors (Lipinski definition) is 2. The Morgan fingerprint density at radius 3 is 1.51 bits per heavy atom. The van der Waals surface area contributed by atoms with Crippen LogP contribution in [0.5, 0.6) is 0 Å². The molecular weight excluding hydrogens is 542 g/mol. The third-order valence-corrected chi connectivity index (χ3v) is 5.36. The molecule has 1 rings (SSSR count). The number of alkyl carbamates (subject to hydrolysis) is 1. The molecule has 13 nitrogen and oxygen atoms in total. The summed E-state index contributed by atoms with van der Waals surface area (Å²) in [5.74, 6) is 5.18. The van der Waals surface area contributed by atoms with Crippen LogP contribution in [-0.2, 0) is 47.4 Å². The Labute approximate surface area is 243 Å². The molecule has 0 heterocycles. The molecule has 1 unspecified atom stereocenters. The lowest BCUT2D eigenvalue weighted by molar-refractivity contribution is -0.138. The summed E-state index contributed by atoms with van der Waals surface area (Å²) < 4.78 is 48.3. The Hall–Kier alpha value is -2.02. The van der Waals surface area contributed by atoms with Gasteiger partial charge in [-0.15, -0.1) is 0 Å². The number of ether oxygens (including phenoxy) is 9. The zero-order valence-electron chi connectivity index (χ0n) is 24.3. The standard InChI is InChI=1S/C28H49NO12/c30-27(31)8-10-33-12-14-35-16-18-37-20-22-39-24-25-40-23-21-38-19-17-36-15-13-34-11-9-29-28(32)41-26-6-4-2-1-3-5-7-26/h26H,1-4,6,8-25H2,(H,29,32)(H,30,31). The highest BCUT2D eigenvalue weighted by molar-refractivity contribution is 5.67.